The SMILES string of the molecule is N#Cc1c(NC(=O)COC(=O)c2nc(Cl)ccc2Cl)sc2c1CCC2. The number of fused-ring (bicyclic) bond motifs is 1. The summed E-state index contributed by atoms with van der Waals surface area (Å²) in [5.74, 6) is -1.39. The number of thiophene rings is 1. The molecule has 0 saturated carbocycles. The zero-order chi connectivity index (χ0) is 18.0. The Morgan fingerprint density at radius 2 is 2.16 bits per heavy atom. The molecule has 1 amide bonds. The largest absolute Gasteiger partial charge is 0.451 e. The zero-order valence-electron chi connectivity index (χ0n) is 12.8. The van der Waals surface area contributed by atoms with Gasteiger partial charge < -0.3 is 10.1 Å². The van der Waals surface area contributed by atoms with Crippen molar-refractivity contribution in [1.29, 1.82) is 5.26 Å². The number of halogens is 2. The van der Waals surface area contributed by atoms with E-state index in [4.69, 9.17) is 27.9 Å². The van der Waals surface area contributed by atoms with Gasteiger partial charge in [-0.15, -0.1) is 11.3 Å². The summed E-state index contributed by atoms with van der Waals surface area (Å²) in [7, 11) is 0. The van der Waals surface area contributed by atoms with E-state index in [0.29, 0.717) is 10.6 Å². The Kier molecular flexibility index (Phi) is 5.23. The van der Waals surface area contributed by atoms with Crippen LogP contribution in [0.5, 0.6) is 0 Å². The number of nitrogens with zero attached hydrogens (tertiary/aromatic N) is 2. The third-order valence-corrected chi connectivity index (χ3v) is 5.35. The minimum absolute atomic E-state index is 0.0799. The molecular formula is C16H11Cl2N3O3S. The van der Waals surface area contributed by atoms with Gasteiger partial charge in [0.15, 0.2) is 12.3 Å². The molecule has 6 nitrogen and oxygen atoms in total. The zero-order valence-corrected chi connectivity index (χ0v) is 15.1. The fourth-order valence-electron chi connectivity index (χ4n) is 2.53. The number of nitrogens with one attached hydrogen (secondary N) is 1. The Labute approximate surface area is 157 Å². The van der Waals surface area contributed by atoms with Crippen LogP contribution in [0.3, 0.4) is 0 Å². The first-order chi connectivity index (χ1) is 12.0. The molecule has 1 aliphatic carbocycles. The highest BCUT2D eigenvalue weighted by Crippen LogP contribution is 2.38. The van der Waals surface area contributed by atoms with Crippen molar-refractivity contribution in [2.45, 2.75) is 19.3 Å². The number of aryl methyl sites for hydroxylation is 1. The summed E-state index contributed by atoms with van der Waals surface area (Å²) in [5, 5.41) is 12.6. The number of nitriles is 1. The molecule has 2 aromatic rings. The van der Waals surface area contributed by atoms with Gasteiger partial charge in [0.1, 0.15) is 16.2 Å². The Hall–Kier alpha value is -2.14. The van der Waals surface area contributed by atoms with Crippen molar-refractivity contribution in [2.75, 3.05) is 11.9 Å². The number of pyridine rings is 1. The number of esters is 1. The third-order valence-electron chi connectivity index (χ3n) is 3.63. The minimum Gasteiger partial charge on any atom is -0.451 e. The summed E-state index contributed by atoms with van der Waals surface area (Å²) in [5.41, 5.74) is 1.35. The predicted octanol–water partition coefficient (Wildman–Crippen LogP) is 3.61. The number of carbonyl (C=O) groups excluding carboxylic acids is 2. The van der Waals surface area contributed by atoms with Crippen LogP contribution in [0, 0.1) is 11.3 Å². The van der Waals surface area contributed by atoms with E-state index < -0.39 is 18.5 Å². The molecule has 1 N–H and O–H groups in total. The first kappa shape index (κ1) is 17.7. The van der Waals surface area contributed by atoms with Gasteiger partial charge in [-0.3, -0.25) is 4.79 Å². The smallest absolute Gasteiger partial charge is 0.359 e. The number of anilines is 1. The average molecular weight is 396 g/mol. The van der Waals surface area contributed by atoms with E-state index in [9.17, 15) is 14.9 Å². The summed E-state index contributed by atoms with van der Waals surface area (Å²) < 4.78 is 4.91. The predicted molar refractivity (Wildman–Crippen MR) is 94.2 cm³/mol. The average Bonchev–Trinajstić information content (AvgIpc) is 3.15. The van der Waals surface area contributed by atoms with Gasteiger partial charge in [0.05, 0.1) is 10.6 Å². The van der Waals surface area contributed by atoms with E-state index in [1.54, 1.807) is 0 Å². The molecule has 1 aliphatic rings. The molecule has 0 spiro atoms. The molecule has 0 unspecified atom stereocenters. The maximum absolute atomic E-state index is 12.0. The normalized spacial score (nSPS) is 12.4. The van der Waals surface area contributed by atoms with Crippen molar-refractivity contribution in [1.82, 2.24) is 4.98 Å². The van der Waals surface area contributed by atoms with E-state index >= 15 is 0 Å². The molecule has 3 rings (SSSR count). The summed E-state index contributed by atoms with van der Waals surface area (Å²) in [4.78, 5) is 28.9. The molecule has 0 fully saturated rings. The number of amides is 1. The highest BCUT2D eigenvalue weighted by molar-refractivity contribution is 7.16. The van der Waals surface area contributed by atoms with Crippen molar-refractivity contribution in [3.8, 4) is 6.07 Å². The van der Waals surface area contributed by atoms with Crippen LogP contribution in [0.1, 0.15) is 32.9 Å². The molecule has 0 atom stereocenters. The summed E-state index contributed by atoms with van der Waals surface area (Å²) >= 11 is 13.0. The second kappa shape index (κ2) is 7.40. The minimum atomic E-state index is -0.850. The lowest BCUT2D eigenvalue weighted by atomic mass is 10.1. The molecule has 0 aromatic carbocycles. The maximum Gasteiger partial charge on any atom is 0.359 e. The Morgan fingerprint density at radius 1 is 1.36 bits per heavy atom. The van der Waals surface area contributed by atoms with E-state index in [-0.39, 0.29) is 15.9 Å². The van der Waals surface area contributed by atoms with Gasteiger partial charge in [0.25, 0.3) is 5.91 Å². The topological polar surface area (TPSA) is 92.1 Å². The highest BCUT2D eigenvalue weighted by atomic mass is 35.5. The van der Waals surface area contributed by atoms with Crippen molar-refractivity contribution in [3.05, 3.63) is 44.0 Å². The summed E-state index contributed by atoms with van der Waals surface area (Å²) in [6, 6.07) is 4.99. The summed E-state index contributed by atoms with van der Waals surface area (Å²) in [6.45, 7) is -0.517. The first-order valence-electron chi connectivity index (χ1n) is 7.33. The van der Waals surface area contributed by atoms with Gasteiger partial charge >= 0.3 is 5.97 Å². The first-order valence-corrected chi connectivity index (χ1v) is 8.90. The fourth-order valence-corrected chi connectivity index (χ4v) is 4.12. The number of rotatable bonds is 4. The molecule has 2 aromatic heterocycles. The van der Waals surface area contributed by atoms with Crippen LogP contribution in [0.2, 0.25) is 10.2 Å². The van der Waals surface area contributed by atoms with E-state index in [1.807, 2.05) is 0 Å². The number of ether oxygens (including phenoxy) is 1. The third kappa shape index (κ3) is 3.76. The fraction of sp³-hybridized carbons (Fsp3) is 0.250. The standard InChI is InChI=1S/C16H11Cl2N3O3S/c17-10-4-5-12(18)20-14(10)16(23)24-7-13(22)21-15-9(6-19)8-2-1-3-11(8)25-15/h4-5H,1-3,7H2,(H,21,22). The molecular weight excluding hydrogens is 385 g/mol. The van der Waals surface area contributed by atoms with E-state index in [1.165, 1.54) is 23.5 Å². The second-order valence-corrected chi connectivity index (χ2v) is 7.16. The Bertz CT molecular complexity index is 905. The quantitative estimate of drug-likeness (QED) is 0.630. The van der Waals surface area contributed by atoms with Gasteiger partial charge in [-0.1, -0.05) is 23.2 Å². The molecule has 0 bridgehead atoms. The number of aromatic nitrogens is 1. The van der Waals surface area contributed by atoms with Crippen molar-refractivity contribution < 1.29 is 14.3 Å². The molecule has 0 aliphatic heterocycles. The molecule has 25 heavy (non-hydrogen) atoms. The van der Waals surface area contributed by atoms with Crippen LogP contribution >= 0.6 is 34.5 Å². The van der Waals surface area contributed by atoms with E-state index in [0.717, 1.165) is 29.7 Å². The van der Waals surface area contributed by atoms with E-state index in [2.05, 4.69) is 16.4 Å². The van der Waals surface area contributed by atoms with Crippen LogP contribution in [0.15, 0.2) is 12.1 Å². The van der Waals surface area contributed by atoms with Crippen LogP contribution in [0.4, 0.5) is 5.00 Å². The molecule has 0 saturated heterocycles. The van der Waals surface area contributed by atoms with Crippen LogP contribution in [-0.4, -0.2) is 23.5 Å². The molecule has 0 radical (unpaired) electrons. The summed E-state index contributed by atoms with van der Waals surface area (Å²) in [6.07, 6.45) is 2.78. The number of hydrogen-bond acceptors (Lipinski definition) is 6. The lowest BCUT2D eigenvalue weighted by Crippen LogP contribution is -2.21. The Balaban J connectivity index is 1.63. The number of hydrogen-bond donors (Lipinski definition) is 1. The van der Waals surface area contributed by atoms with Crippen LogP contribution < -0.4 is 5.32 Å². The Morgan fingerprint density at radius 3 is 2.92 bits per heavy atom. The van der Waals surface area contributed by atoms with Gasteiger partial charge in [-0.25, -0.2) is 9.78 Å². The van der Waals surface area contributed by atoms with Gasteiger partial charge in [-0.05, 0) is 37.0 Å². The highest BCUT2D eigenvalue weighted by Gasteiger charge is 2.23. The van der Waals surface area contributed by atoms with Crippen LogP contribution in [-0.2, 0) is 22.4 Å². The lowest BCUT2D eigenvalue weighted by Gasteiger charge is -2.06. The molecule has 128 valence electrons. The van der Waals surface area contributed by atoms with Gasteiger partial charge in [-0.2, -0.15) is 5.26 Å². The number of carbonyl (C=O) groups is 2. The van der Waals surface area contributed by atoms with Crippen molar-refractivity contribution in [2.24, 2.45) is 0 Å². The molecule has 9 heteroatoms. The van der Waals surface area contributed by atoms with Crippen LogP contribution in [0.25, 0.3) is 0 Å². The second-order valence-electron chi connectivity index (χ2n) is 5.26. The lowest BCUT2D eigenvalue weighted by molar-refractivity contribution is -0.119. The maximum atomic E-state index is 12.0. The van der Waals surface area contributed by atoms with Crippen molar-refractivity contribution >= 4 is 51.4 Å². The monoisotopic (exact) mass is 395 g/mol. The van der Waals surface area contributed by atoms with Crippen molar-refractivity contribution in [3.63, 3.8) is 0 Å². The van der Waals surface area contributed by atoms with Gasteiger partial charge in [0, 0.05) is 4.88 Å². The van der Waals surface area contributed by atoms with Gasteiger partial charge in [0.2, 0.25) is 0 Å². The molecule has 2 heterocycles.